The second kappa shape index (κ2) is 4.43. The van der Waals surface area contributed by atoms with E-state index in [-0.39, 0.29) is 17.7 Å². The van der Waals surface area contributed by atoms with E-state index in [0.717, 1.165) is 30.4 Å². The summed E-state index contributed by atoms with van der Waals surface area (Å²) in [5.41, 5.74) is 1.37. The normalized spacial score (nSPS) is 38.6. The largest absolute Gasteiger partial charge is 0.493 e. The maximum absolute atomic E-state index is 13.3. The number of rotatable bonds is 1. The summed E-state index contributed by atoms with van der Waals surface area (Å²) in [5.74, 6) is 0.667. The first-order valence-corrected chi connectivity index (χ1v) is 8.93. The monoisotopic (exact) mass is 341 g/mol. The molecule has 5 aliphatic rings. The molecule has 6 nitrogen and oxygen atoms in total. The van der Waals surface area contributed by atoms with Gasteiger partial charge in [0, 0.05) is 17.9 Å². The Morgan fingerprint density at radius 1 is 1.28 bits per heavy atom. The number of carbonyl (C=O) groups excluding carboxylic acids is 1. The van der Waals surface area contributed by atoms with Crippen LogP contribution in [0.1, 0.15) is 24.0 Å². The summed E-state index contributed by atoms with van der Waals surface area (Å²) in [4.78, 5) is 17.9. The molecule has 1 saturated carbocycles. The fourth-order valence-corrected chi connectivity index (χ4v) is 5.87. The lowest BCUT2D eigenvalue weighted by Gasteiger charge is -2.54. The van der Waals surface area contributed by atoms with E-state index in [1.165, 1.54) is 6.21 Å². The molecule has 2 bridgehead atoms. The zero-order valence-corrected chi connectivity index (χ0v) is 14.0. The number of ketones is 1. The third-order valence-corrected chi connectivity index (χ3v) is 6.74. The minimum Gasteiger partial charge on any atom is -0.493 e. The summed E-state index contributed by atoms with van der Waals surface area (Å²) in [6.45, 7) is 1.07. The molecule has 2 spiro atoms. The average Bonchev–Trinajstić information content (AvgIpc) is 3.23. The Labute approximate surface area is 145 Å². The Bertz CT molecular complexity index is 827. The second-order valence-electron chi connectivity index (χ2n) is 7.57. The summed E-state index contributed by atoms with van der Waals surface area (Å²) in [5, 5.41) is 0. The molecule has 3 heterocycles. The van der Waals surface area contributed by atoms with Gasteiger partial charge >= 0.3 is 0 Å². The maximum atomic E-state index is 13.3. The third-order valence-electron chi connectivity index (χ3n) is 6.74. The lowest BCUT2D eigenvalue weighted by Crippen LogP contribution is -2.69. The van der Waals surface area contributed by atoms with Crippen LogP contribution in [0.2, 0.25) is 0 Å². The van der Waals surface area contributed by atoms with Gasteiger partial charge in [0.15, 0.2) is 23.4 Å². The van der Waals surface area contributed by atoms with Gasteiger partial charge in [-0.15, -0.1) is 0 Å². The summed E-state index contributed by atoms with van der Waals surface area (Å²) in [6, 6.07) is 4.10. The van der Waals surface area contributed by atoms with Crippen molar-refractivity contribution in [3.05, 3.63) is 23.3 Å². The van der Waals surface area contributed by atoms with E-state index < -0.39 is 17.3 Å². The van der Waals surface area contributed by atoms with Gasteiger partial charge < -0.3 is 18.9 Å². The van der Waals surface area contributed by atoms with Crippen LogP contribution < -0.4 is 9.47 Å². The van der Waals surface area contributed by atoms with Crippen LogP contribution in [0.4, 0.5) is 0 Å². The molecule has 1 saturated heterocycles. The predicted octanol–water partition coefficient (Wildman–Crippen LogP) is 1.43. The van der Waals surface area contributed by atoms with Crippen LogP contribution in [-0.4, -0.2) is 50.3 Å². The number of carbonyl (C=O) groups is 1. The highest BCUT2D eigenvalue weighted by Gasteiger charge is 2.73. The van der Waals surface area contributed by atoms with Crippen LogP contribution in [-0.2, 0) is 26.1 Å². The Morgan fingerprint density at radius 3 is 2.92 bits per heavy atom. The standard InChI is InChI=1S/C19H19NO5/c1-22-13-3-2-10-8-12-11-4-5-18(23-6-7-24-18)17-19(11,14(21)9-20-12)15(10)16(13)25-17/h2-3,9,11-12,17H,4-8H2,1H3/t11-,12+,17-,19+/m0/s1. The van der Waals surface area contributed by atoms with E-state index in [2.05, 4.69) is 11.1 Å². The van der Waals surface area contributed by atoms with Gasteiger partial charge in [0.1, 0.15) is 5.41 Å². The molecule has 3 aliphatic heterocycles. The summed E-state index contributed by atoms with van der Waals surface area (Å²) >= 11 is 0. The molecular weight excluding hydrogens is 322 g/mol. The molecule has 1 aromatic rings. The van der Waals surface area contributed by atoms with E-state index in [4.69, 9.17) is 18.9 Å². The number of aliphatic imine (C=N–C) groups is 1. The number of ether oxygens (including phenoxy) is 4. The fourth-order valence-electron chi connectivity index (χ4n) is 5.87. The molecule has 4 atom stereocenters. The molecule has 130 valence electrons. The Morgan fingerprint density at radius 2 is 2.12 bits per heavy atom. The number of methoxy groups -OCH3 is 1. The molecule has 0 unspecified atom stereocenters. The molecule has 0 N–H and O–H groups in total. The van der Waals surface area contributed by atoms with Crippen molar-refractivity contribution < 1.29 is 23.7 Å². The first-order valence-electron chi connectivity index (χ1n) is 8.93. The Kier molecular flexibility index (Phi) is 2.53. The van der Waals surface area contributed by atoms with Crippen LogP contribution in [0.15, 0.2) is 17.1 Å². The van der Waals surface area contributed by atoms with Gasteiger partial charge in [-0.3, -0.25) is 9.79 Å². The van der Waals surface area contributed by atoms with Crippen molar-refractivity contribution in [1.29, 1.82) is 0 Å². The van der Waals surface area contributed by atoms with Crippen LogP contribution in [0.25, 0.3) is 0 Å². The molecule has 2 fully saturated rings. The number of Topliss-reactive ketones (excluding diaryl/α,β-unsaturated/α-hetero) is 1. The molecule has 0 radical (unpaired) electrons. The van der Waals surface area contributed by atoms with Gasteiger partial charge in [-0.25, -0.2) is 0 Å². The number of hydrogen-bond acceptors (Lipinski definition) is 6. The minimum absolute atomic E-state index is 0.0184. The summed E-state index contributed by atoms with van der Waals surface area (Å²) in [7, 11) is 1.63. The van der Waals surface area contributed by atoms with Gasteiger partial charge in [0.2, 0.25) is 5.79 Å². The van der Waals surface area contributed by atoms with E-state index >= 15 is 0 Å². The summed E-state index contributed by atoms with van der Waals surface area (Å²) in [6.07, 6.45) is 3.46. The first kappa shape index (κ1) is 14.3. The van der Waals surface area contributed by atoms with Crippen molar-refractivity contribution in [3.63, 3.8) is 0 Å². The van der Waals surface area contributed by atoms with Gasteiger partial charge in [0.25, 0.3) is 0 Å². The van der Waals surface area contributed by atoms with E-state index in [1.54, 1.807) is 7.11 Å². The minimum atomic E-state index is -0.847. The van der Waals surface area contributed by atoms with Gasteiger partial charge in [-0.1, -0.05) is 6.07 Å². The third kappa shape index (κ3) is 1.42. The smallest absolute Gasteiger partial charge is 0.207 e. The molecule has 25 heavy (non-hydrogen) atoms. The molecule has 0 aromatic heterocycles. The first-order chi connectivity index (χ1) is 12.2. The zero-order valence-electron chi connectivity index (χ0n) is 14.0. The molecular formula is C19H19NO5. The van der Waals surface area contributed by atoms with Crippen molar-refractivity contribution in [2.75, 3.05) is 20.3 Å². The van der Waals surface area contributed by atoms with Crippen molar-refractivity contribution in [2.45, 2.75) is 42.6 Å². The van der Waals surface area contributed by atoms with Crippen LogP contribution >= 0.6 is 0 Å². The number of nitrogens with zero attached hydrogens (tertiary/aromatic N) is 1. The van der Waals surface area contributed by atoms with E-state index in [0.29, 0.717) is 24.7 Å². The summed E-state index contributed by atoms with van der Waals surface area (Å²) < 4.78 is 24.1. The number of hydrogen-bond donors (Lipinski definition) is 0. The van der Waals surface area contributed by atoms with Crippen molar-refractivity contribution >= 4 is 12.0 Å². The predicted molar refractivity (Wildman–Crippen MR) is 87.4 cm³/mol. The second-order valence-corrected chi connectivity index (χ2v) is 7.57. The zero-order chi connectivity index (χ0) is 16.8. The molecule has 0 amide bonds. The van der Waals surface area contributed by atoms with E-state index in [1.807, 2.05) is 6.07 Å². The molecule has 6 heteroatoms. The highest BCUT2D eigenvalue weighted by atomic mass is 16.8. The van der Waals surface area contributed by atoms with Crippen molar-refractivity contribution in [1.82, 2.24) is 0 Å². The quantitative estimate of drug-likeness (QED) is 0.773. The molecule has 2 aliphatic carbocycles. The molecule has 6 rings (SSSR count). The molecule has 1 aromatic carbocycles. The Balaban J connectivity index is 1.68. The van der Waals surface area contributed by atoms with Crippen LogP contribution in [0, 0.1) is 5.92 Å². The van der Waals surface area contributed by atoms with Crippen LogP contribution in [0.3, 0.4) is 0 Å². The topological polar surface area (TPSA) is 66.4 Å². The number of benzene rings is 1. The lowest BCUT2D eigenvalue weighted by molar-refractivity contribution is -0.249. The average molecular weight is 341 g/mol. The highest BCUT2D eigenvalue weighted by Crippen LogP contribution is 2.64. The lowest BCUT2D eigenvalue weighted by atomic mass is 9.51. The fraction of sp³-hybridized carbons (Fsp3) is 0.579. The van der Waals surface area contributed by atoms with Crippen molar-refractivity contribution in [2.24, 2.45) is 10.9 Å². The number of fused-ring (bicyclic) bond motifs is 1. The SMILES string of the molecule is COc1ccc2c3c1O[C@H]1C4(CC[C@H]5[C@@H](C2)N=CC(=O)[C@@]351)OCCO4. The Hall–Kier alpha value is -1.92. The maximum Gasteiger partial charge on any atom is 0.207 e. The highest BCUT2D eigenvalue weighted by molar-refractivity contribution is 6.33. The van der Waals surface area contributed by atoms with Gasteiger partial charge in [-0.05, 0) is 24.5 Å². The van der Waals surface area contributed by atoms with Crippen LogP contribution in [0.5, 0.6) is 11.5 Å². The van der Waals surface area contributed by atoms with E-state index in [9.17, 15) is 4.79 Å². The van der Waals surface area contributed by atoms with Gasteiger partial charge in [0.05, 0.1) is 32.6 Å². The van der Waals surface area contributed by atoms with Gasteiger partial charge in [-0.2, -0.15) is 0 Å². The van der Waals surface area contributed by atoms with Crippen molar-refractivity contribution in [3.8, 4) is 11.5 Å².